The molecular weight excluding hydrogens is 405 g/mol. The number of nitrogens with zero attached hydrogens (tertiary/aromatic N) is 4. The molecular formula is C16H24IN5O. The van der Waals surface area contributed by atoms with Crippen molar-refractivity contribution in [3.05, 3.63) is 47.9 Å². The summed E-state index contributed by atoms with van der Waals surface area (Å²) in [5.41, 5.74) is 2.33. The van der Waals surface area contributed by atoms with Crippen LogP contribution in [-0.2, 0) is 20.1 Å². The Kier molecular flexibility index (Phi) is 7.87. The van der Waals surface area contributed by atoms with Crippen molar-refractivity contribution in [1.29, 1.82) is 0 Å². The van der Waals surface area contributed by atoms with Crippen molar-refractivity contribution < 1.29 is 4.74 Å². The predicted molar refractivity (Wildman–Crippen MR) is 103 cm³/mol. The first-order valence-corrected chi connectivity index (χ1v) is 7.15. The third-order valence-corrected chi connectivity index (χ3v) is 3.48. The fourth-order valence-corrected chi connectivity index (χ4v) is 2.22. The van der Waals surface area contributed by atoms with Crippen LogP contribution >= 0.6 is 24.0 Å². The molecule has 0 spiro atoms. The van der Waals surface area contributed by atoms with Gasteiger partial charge in [-0.1, -0.05) is 0 Å². The van der Waals surface area contributed by atoms with Gasteiger partial charge < -0.3 is 19.5 Å². The van der Waals surface area contributed by atoms with Crippen LogP contribution in [0.25, 0.3) is 0 Å². The van der Waals surface area contributed by atoms with Crippen molar-refractivity contribution in [2.45, 2.75) is 13.1 Å². The van der Waals surface area contributed by atoms with Gasteiger partial charge in [-0.05, 0) is 23.8 Å². The normalized spacial score (nSPS) is 10.9. The second kappa shape index (κ2) is 9.39. The first-order valence-electron chi connectivity index (χ1n) is 7.15. The maximum Gasteiger partial charge on any atom is 0.213 e. The summed E-state index contributed by atoms with van der Waals surface area (Å²) in [6.07, 6.45) is 3.79. The Hall–Kier alpha value is -1.77. The van der Waals surface area contributed by atoms with E-state index < -0.39 is 0 Å². The van der Waals surface area contributed by atoms with Gasteiger partial charge in [-0.2, -0.15) is 0 Å². The van der Waals surface area contributed by atoms with Crippen molar-refractivity contribution in [3.63, 3.8) is 0 Å². The molecule has 0 radical (unpaired) electrons. The highest BCUT2D eigenvalue weighted by Crippen LogP contribution is 2.08. The number of aromatic nitrogens is 2. The minimum absolute atomic E-state index is 0. The van der Waals surface area contributed by atoms with Gasteiger partial charge in [0.05, 0.1) is 13.7 Å². The van der Waals surface area contributed by atoms with Crippen molar-refractivity contribution in [1.82, 2.24) is 19.8 Å². The standard InChI is InChI=1S/C16H23N5O.HI/c1-17-16(21(3)12-14-6-5-9-20(14)2)19-11-13-7-8-18-15(10-13)22-4;/h5-10H,11-12H2,1-4H3,(H,17,19);1H. The van der Waals surface area contributed by atoms with Gasteiger partial charge in [0.2, 0.25) is 5.88 Å². The lowest BCUT2D eigenvalue weighted by Gasteiger charge is -2.22. The molecule has 0 fully saturated rings. The van der Waals surface area contributed by atoms with E-state index in [4.69, 9.17) is 4.74 Å². The molecule has 23 heavy (non-hydrogen) atoms. The van der Waals surface area contributed by atoms with Crippen molar-refractivity contribution in [2.24, 2.45) is 12.0 Å². The summed E-state index contributed by atoms with van der Waals surface area (Å²) in [6, 6.07) is 8.03. The van der Waals surface area contributed by atoms with E-state index in [0.29, 0.717) is 12.4 Å². The van der Waals surface area contributed by atoms with Crippen molar-refractivity contribution in [3.8, 4) is 5.88 Å². The van der Waals surface area contributed by atoms with Gasteiger partial charge in [-0.15, -0.1) is 24.0 Å². The zero-order valence-corrected chi connectivity index (χ0v) is 16.3. The number of hydrogen-bond acceptors (Lipinski definition) is 3. The molecule has 0 atom stereocenters. The monoisotopic (exact) mass is 429 g/mol. The summed E-state index contributed by atoms with van der Waals surface area (Å²) in [4.78, 5) is 10.5. The Morgan fingerprint density at radius 1 is 1.43 bits per heavy atom. The number of ether oxygens (including phenoxy) is 1. The molecule has 126 valence electrons. The Morgan fingerprint density at radius 2 is 2.22 bits per heavy atom. The quantitative estimate of drug-likeness (QED) is 0.450. The van der Waals surface area contributed by atoms with Gasteiger partial charge >= 0.3 is 0 Å². The molecule has 0 aliphatic rings. The zero-order chi connectivity index (χ0) is 15.9. The summed E-state index contributed by atoms with van der Waals surface area (Å²) in [5.74, 6) is 1.46. The number of pyridine rings is 1. The van der Waals surface area contributed by atoms with Gasteiger partial charge in [0.25, 0.3) is 0 Å². The van der Waals surface area contributed by atoms with Gasteiger partial charge in [0.15, 0.2) is 5.96 Å². The molecule has 2 aromatic rings. The molecule has 0 unspecified atom stereocenters. The molecule has 0 aliphatic heterocycles. The average Bonchev–Trinajstić information content (AvgIpc) is 2.93. The van der Waals surface area contributed by atoms with E-state index in [1.165, 1.54) is 5.69 Å². The number of methoxy groups -OCH3 is 1. The molecule has 0 saturated carbocycles. The van der Waals surface area contributed by atoms with E-state index >= 15 is 0 Å². The molecule has 0 amide bonds. The van der Waals surface area contributed by atoms with Gasteiger partial charge in [0, 0.05) is 51.8 Å². The summed E-state index contributed by atoms with van der Waals surface area (Å²) in [7, 11) is 7.47. The molecule has 2 heterocycles. The molecule has 0 aromatic carbocycles. The SMILES string of the molecule is CN=C(NCc1ccnc(OC)c1)N(C)Cc1cccn1C.I. The van der Waals surface area contributed by atoms with Crippen LogP contribution in [0.15, 0.2) is 41.7 Å². The van der Waals surface area contributed by atoms with E-state index in [9.17, 15) is 0 Å². The Balaban J connectivity index is 0.00000264. The van der Waals surface area contributed by atoms with Crippen LogP contribution in [-0.4, -0.2) is 41.6 Å². The van der Waals surface area contributed by atoms with E-state index in [-0.39, 0.29) is 24.0 Å². The average molecular weight is 429 g/mol. The van der Waals surface area contributed by atoms with E-state index in [2.05, 4.69) is 30.8 Å². The number of aliphatic imine (C=N–C) groups is 1. The summed E-state index contributed by atoms with van der Waals surface area (Å²) in [5, 5.41) is 3.35. The lowest BCUT2D eigenvalue weighted by atomic mass is 10.2. The molecule has 6 nitrogen and oxygen atoms in total. The van der Waals surface area contributed by atoms with Gasteiger partial charge in [0.1, 0.15) is 0 Å². The number of nitrogens with one attached hydrogen (secondary N) is 1. The van der Waals surface area contributed by atoms with Crippen molar-refractivity contribution in [2.75, 3.05) is 21.2 Å². The molecule has 2 rings (SSSR count). The summed E-state index contributed by atoms with van der Waals surface area (Å²) < 4.78 is 7.25. The molecule has 0 aliphatic carbocycles. The van der Waals surface area contributed by atoms with E-state index in [1.807, 2.05) is 38.5 Å². The third kappa shape index (κ3) is 5.42. The molecule has 1 N–H and O–H groups in total. The maximum absolute atomic E-state index is 5.14. The van der Waals surface area contributed by atoms with Crippen LogP contribution in [0.3, 0.4) is 0 Å². The topological polar surface area (TPSA) is 54.7 Å². The summed E-state index contributed by atoms with van der Waals surface area (Å²) >= 11 is 0. The highest BCUT2D eigenvalue weighted by atomic mass is 127. The second-order valence-corrected chi connectivity index (χ2v) is 5.07. The highest BCUT2D eigenvalue weighted by Gasteiger charge is 2.08. The van der Waals surface area contributed by atoms with E-state index in [0.717, 1.165) is 18.1 Å². The lowest BCUT2D eigenvalue weighted by molar-refractivity contribution is 0.397. The fraction of sp³-hybridized carbons (Fsp3) is 0.375. The van der Waals surface area contributed by atoms with Crippen LogP contribution in [0.1, 0.15) is 11.3 Å². The lowest BCUT2D eigenvalue weighted by Crippen LogP contribution is -2.38. The van der Waals surface area contributed by atoms with Crippen LogP contribution in [0, 0.1) is 0 Å². The smallest absolute Gasteiger partial charge is 0.213 e. The third-order valence-electron chi connectivity index (χ3n) is 3.48. The van der Waals surface area contributed by atoms with Crippen LogP contribution in [0.5, 0.6) is 5.88 Å². The van der Waals surface area contributed by atoms with Gasteiger partial charge in [-0.3, -0.25) is 4.99 Å². The minimum atomic E-state index is 0. The highest BCUT2D eigenvalue weighted by molar-refractivity contribution is 14.0. The number of guanidine groups is 1. The number of hydrogen-bond donors (Lipinski definition) is 1. The molecule has 2 aromatic heterocycles. The van der Waals surface area contributed by atoms with Crippen LogP contribution < -0.4 is 10.1 Å². The van der Waals surface area contributed by atoms with Crippen LogP contribution in [0.4, 0.5) is 0 Å². The largest absolute Gasteiger partial charge is 0.481 e. The number of aryl methyl sites for hydroxylation is 1. The number of rotatable bonds is 5. The first-order chi connectivity index (χ1) is 10.6. The predicted octanol–water partition coefficient (Wildman–Crippen LogP) is 2.25. The number of halogens is 1. The fourth-order valence-electron chi connectivity index (χ4n) is 2.22. The Morgan fingerprint density at radius 3 is 2.83 bits per heavy atom. The molecule has 7 heteroatoms. The maximum atomic E-state index is 5.14. The second-order valence-electron chi connectivity index (χ2n) is 5.07. The van der Waals surface area contributed by atoms with E-state index in [1.54, 1.807) is 20.4 Å². The summed E-state index contributed by atoms with van der Waals surface area (Å²) in [6.45, 7) is 1.46. The molecule has 0 bridgehead atoms. The van der Waals surface area contributed by atoms with Crippen LogP contribution in [0.2, 0.25) is 0 Å². The Bertz CT molecular complexity index is 641. The zero-order valence-electron chi connectivity index (χ0n) is 14.0. The first kappa shape index (κ1) is 19.3. The Labute approximate surface area is 154 Å². The van der Waals surface area contributed by atoms with Gasteiger partial charge in [-0.25, -0.2) is 4.98 Å². The van der Waals surface area contributed by atoms with Crippen molar-refractivity contribution >= 4 is 29.9 Å². The minimum Gasteiger partial charge on any atom is -0.481 e. The molecule has 0 saturated heterocycles.